The van der Waals surface area contributed by atoms with E-state index in [2.05, 4.69) is 10.1 Å². The fraction of sp³-hybridized carbons (Fsp3) is 0.529. The lowest BCUT2D eigenvalue weighted by atomic mass is 10.00. The summed E-state index contributed by atoms with van der Waals surface area (Å²) in [7, 11) is 1.31. The Kier molecular flexibility index (Phi) is 6.40. The summed E-state index contributed by atoms with van der Waals surface area (Å²) in [6.45, 7) is 0.294. The van der Waals surface area contributed by atoms with Crippen molar-refractivity contribution in [2.24, 2.45) is 11.7 Å². The number of hydrogen-bond acceptors (Lipinski definition) is 5. The van der Waals surface area contributed by atoms with Crippen LogP contribution in [0.2, 0.25) is 0 Å². The smallest absolute Gasteiger partial charge is 0.343 e. The molecule has 1 aliphatic rings. The molecule has 1 amide bonds. The summed E-state index contributed by atoms with van der Waals surface area (Å²) in [6.07, 6.45) is 3.64. The van der Waals surface area contributed by atoms with E-state index in [-0.39, 0.29) is 18.6 Å². The Labute approximate surface area is 136 Å². The largest absolute Gasteiger partial charge is 0.482 e. The number of nitrogens with one attached hydrogen (secondary N) is 1. The summed E-state index contributed by atoms with van der Waals surface area (Å²) in [4.78, 5) is 23.1. The Hall–Kier alpha value is -2.08. The third kappa shape index (κ3) is 5.56. The number of nitrogens with two attached hydrogens (primary N) is 1. The maximum absolute atomic E-state index is 12.0. The van der Waals surface area contributed by atoms with Crippen molar-refractivity contribution in [3.63, 3.8) is 0 Å². The molecule has 2 atom stereocenters. The van der Waals surface area contributed by atoms with Crippen LogP contribution in [-0.4, -0.2) is 31.6 Å². The molecule has 0 saturated heterocycles. The van der Waals surface area contributed by atoms with Gasteiger partial charge in [0.2, 0.25) is 5.91 Å². The number of carbonyl (C=O) groups excluding carboxylic acids is 2. The van der Waals surface area contributed by atoms with Gasteiger partial charge < -0.3 is 20.5 Å². The van der Waals surface area contributed by atoms with Gasteiger partial charge in [-0.2, -0.15) is 0 Å². The van der Waals surface area contributed by atoms with Crippen LogP contribution >= 0.6 is 0 Å². The third-order valence-corrected chi connectivity index (χ3v) is 4.14. The molecular formula is C17H24N2O4. The Balaban J connectivity index is 1.78. The van der Waals surface area contributed by atoms with Crippen LogP contribution in [0.25, 0.3) is 0 Å². The third-order valence-electron chi connectivity index (χ3n) is 4.14. The highest BCUT2D eigenvalue weighted by Gasteiger charge is 2.25. The highest BCUT2D eigenvalue weighted by molar-refractivity contribution is 5.76. The van der Waals surface area contributed by atoms with Gasteiger partial charge in [0.15, 0.2) is 6.61 Å². The standard InChI is InChI=1S/C17H24N2O4/c1-22-17(21)11-23-14-6-2-4-12(8-14)10-19-16(20)9-13-5-3-7-15(13)18/h2,4,6,8,13,15H,3,5,7,9-11,18H2,1H3,(H,19,20)/t13-,15+/m0/s1. The van der Waals surface area contributed by atoms with E-state index < -0.39 is 5.97 Å². The molecule has 1 saturated carbocycles. The van der Waals surface area contributed by atoms with Crippen molar-refractivity contribution in [3.05, 3.63) is 29.8 Å². The van der Waals surface area contributed by atoms with Gasteiger partial charge in [0.1, 0.15) is 5.75 Å². The summed E-state index contributed by atoms with van der Waals surface area (Å²) < 4.78 is 9.85. The molecule has 1 aromatic rings. The van der Waals surface area contributed by atoms with Gasteiger partial charge in [-0.25, -0.2) is 4.79 Å². The van der Waals surface area contributed by atoms with Crippen molar-refractivity contribution < 1.29 is 19.1 Å². The number of rotatable bonds is 7. The lowest BCUT2D eigenvalue weighted by Crippen LogP contribution is -2.31. The van der Waals surface area contributed by atoms with Gasteiger partial charge in [0.05, 0.1) is 7.11 Å². The molecule has 0 spiro atoms. The molecule has 3 N–H and O–H groups in total. The first-order chi connectivity index (χ1) is 11.1. The molecule has 0 heterocycles. The quantitative estimate of drug-likeness (QED) is 0.741. The average Bonchev–Trinajstić information content (AvgIpc) is 2.96. The number of methoxy groups -OCH3 is 1. The minimum Gasteiger partial charge on any atom is -0.482 e. The first-order valence-corrected chi connectivity index (χ1v) is 7.89. The topological polar surface area (TPSA) is 90.6 Å². The average molecular weight is 320 g/mol. The minimum atomic E-state index is -0.434. The fourth-order valence-electron chi connectivity index (χ4n) is 2.78. The zero-order valence-electron chi connectivity index (χ0n) is 13.4. The predicted octanol–water partition coefficient (Wildman–Crippen LogP) is 1.37. The van der Waals surface area contributed by atoms with E-state index in [9.17, 15) is 9.59 Å². The van der Waals surface area contributed by atoms with Crippen LogP contribution in [0.5, 0.6) is 5.75 Å². The molecule has 1 fully saturated rings. The lowest BCUT2D eigenvalue weighted by Gasteiger charge is -2.15. The Morgan fingerprint density at radius 1 is 1.35 bits per heavy atom. The zero-order chi connectivity index (χ0) is 16.7. The van der Waals surface area contributed by atoms with E-state index in [1.165, 1.54) is 7.11 Å². The molecule has 0 unspecified atom stereocenters. The summed E-state index contributed by atoms with van der Waals surface area (Å²) in [5.74, 6) is 0.453. The monoisotopic (exact) mass is 320 g/mol. The van der Waals surface area contributed by atoms with Crippen molar-refractivity contribution in [2.45, 2.75) is 38.3 Å². The molecule has 6 heteroatoms. The van der Waals surface area contributed by atoms with Crippen molar-refractivity contribution in [1.29, 1.82) is 0 Å². The van der Waals surface area contributed by atoms with Crippen LogP contribution in [0.4, 0.5) is 0 Å². The van der Waals surface area contributed by atoms with Crippen LogP contribution < -0.4 is 15.8 Å². The van der Waals surface area contributed by atoms with E-state index in [0.29, 0.717) is 24.6 Å². The van der Waals surface area contributed by atoms with Crippen molar-refractivity contribution in [3.8, 4) is 5.75 Å². The molecule has 0 aliphatic heterocycles. The molecule has 0 bridgehead atoms. The van der Waals surface area contributed by atoms with Crippen molar-refractivity contribution >= 4 is 11.9 Å². The second-order valence-electron chi connectivity index (χ2n) is 5.85. The van der Waals surface area contributed by atoms with Crippen LogP contribution in [0.3, 0.4) is 0 Å². The van der Waals surface area contributed by atoms with Crippen LogP contribution in [0.15, 0.2) is 24.3 Å². The Bertz CT molecular complexity index is 547. The second kappa shape index (κ2) is 8.53. The second-order valence-corrected chi connectivity index (χ2v) is 5.85. The van der Waals surface area contributed by atoms with E-state index in [1.54, 1.807) is 12.1 Å². The summed E-state index contributed by atoms with van der Waals surface area (Å²) in [5, 5.41) is 2.91. The fourth-order valence-corrected chi connectivity index (χ4v) is 2.78. The van der Waals surface area contributed by atoms with E-state index in [0.717, 1.165) is 24.8 Å². The molecule has 1 aliphatic carbocycles. The summed E-state index contributed by atoms with van der Waals surface area (Å²) >= 11 is 0. The Morgan fingerprint density at radius 2 is 2.17 bits per heavy atom. The highest BCUT2D eigenvalue weighted by atomic mass is 16.6. The number of amides is 1. The molecule has 23 heavy (non-hydrogen) atoms. The zero-order valence-corrected chi connectivity index (χ0v) is 13.4. The van der Waals surface area contributed by atoms with Crippen LogP contribution in [-0.2, 0) is 20.9 Å². The number of carbonyl (C=O) groups is 2. The van der Waals surface area contributed by atoms with Gasteiger partial charge in [0, 0.05) is 19.0 Å². The van der Waals surface area contributed by atoms with Gasteiger partial charge in [-0.3, -0.25) is 4.79 Å². The van der Waals surface area contributed by atoms with Gasteiger partial charge in [-0.1, -0.05) is 18.6 Å². The molecule has 2 rings (SSSR count). The highest BCUT2D eigenvalue weighted by Crippen LogP contribution is 2.26. The van der Waals surface area contributed by atoms with Crippen molar-refractivity contribution in [1.82, 2.24) is 5.32 Å². The van der Waals surface area contributed by atoms with Gasteiger partial charge in [-0.15, -0.1) is 0 Å². The van der Waals surface area contributed by atoms with E-state index >= 15 is 0 Å². The first kappa shape index (κ1) is 17.3. The molecule has 0 aromatic heterocycles. The normalized spacial score (nSPS) is 20.1. The number of ether oxygens (including phenoxy) is 2. The number of esters is 1. The van der Waals surface area contributed by atoms with E-state index in [4.69, 9.17) is 10.5 Å². The summed E-state index contributed by atoms with van der Waals surface area (Å²) in [5.41, 5.74) is 6.90. The van der Waals surface area contributed by atoms with Crippen LogP contribution in [0, 0.1) is 5.92 Å². The minimum absolute atomic E-state index is 0.0215. The first-order valence-electron chi connectivity index (χ1n) is 7.89. The molecule has 6 nitrogen and oxygen atoms in total. The van der Waals surface area contributed by atoms with E-state index in [1.807, 2.05) is 12.1 Å². The number of hydrogen-bond donors (Lipinski definition) is 2. The lowest BCUT2D eigenvalue weighted by molar-refractivity contribution is -0.142. The molecule has 1 aromatic carbocycles. The maximum Gasteiger partial charge on any atom is 0.343 e. The maximum atomic E-state index is 12.0. The van der Waals surface area contributed by atoms with Gasteiger partial charge in [-0.05, 0) is 36.5 Å². The van der Waals surface area contributed by atoms with Crippen molar-refractivity contribution in [2.75, 3.05) is 13.7 Å². The van der Waals surface area contributed by atoms with Gasteiger partial charge >= 0.3 is 5.97 Å². The summed E-state index contributed by atoms with van der Waals surface area (Å²) in [6, 6.07) is 7.42. The SMILES string of the molecule is COC(=O)COc1cccc(CNC(=O)C[C@@H]2CCC[C@H]2N)c1. The molecule has 126 valence electrons. The van der Waals surface area contributed by atoms with Gasteiger partial charge in [0.25, 0.3) is 0 Å². The molecule has 0 radical (unpaired) electrons. The van der Waals surface area contributed by atoms with Crippen LogP contribution in [0.1, 0.15) is 31.2 Å². The number of benzene rings is 1. The molecular weight excluding hydrogens is 296 g/mol. The Morgan fingerprint density at radius 3 is 2.87 bits per heavy atom. The predicted molar refractivity (Wildman–Crippen MR) is 85.7 cm³/mol.